The molecule has 0 amide bonds. The Bertz CT molecular complexity index is 283. The van der Waals surface area contributed by atoms with Gasteiger partial charge in [0.25, 0.3) is 0 Å². The van der Waals surface area contributed by atoms with Crippen LogP contribution in [0, 0.1) is 12.8 Å². The van der Waals surface area contributed by atoms with Gasteiger partial charge in [-0.05, 0) is 57.9 Å². The Morgan fingerprint density at radius 3 is 2.82 bits per heavy atom. The number of likely N-dealkylation sites (tertiary alicyclic amines) is 1. The number of carboxylic acids is 1. The van der Waals surface area contributed by atoms with Crippen molar-refractivity contribution in [3.05, 3.63) is 6.92 Å². The zero-order valence-electron chi connectivity index (χ0n) is 10.3. The first-order valence-corrected chi connectivity index (χ1v) is 6.65. The van der Waals surface area contributed by atoms with Crippen LogP contribution in [0.2, 0.25) is 0 Å². The van der Waals surface area contributed by atoms with Gasteiger partial charge in [-0.25, -0.2) is 0 Å². The number of nitrogens with two attached hydrogens (primary N) is 1. The maximum absolute atomic E-state index is 11.1. The molecule has 4 heteroatoms. The summed E-state index contributed by atoms with van der Waals surface area (Å²) in [4.78, 5) is 13.2. The summed E-state index contributed by atoms with van der Waals surface area (Å²) in [7, 11) is 0. The molecule has 1 heterocycles. The Morgan fingerprint density at radius 1 is 1.47 bits per heavy atom. The zero-order valence-corrected chi connectivity index (χ0v) is 10.3. The second-order valence-corrected chi connectivity index (χ2v) is 5.56. The van der Waals surface area contributed by atoms with Crippen molar-refractivity contribution < 1.29 is 9.90 Å². The largest absolute Gasteiger partial charge is 0.480 e. The van der Waals surface area contributed by atoms with Crippen molar-refractivity contribution in [2.45, 2.75) is 56.7 Å². The van der Waals surface area contributed by atoms with Gasteiger partial charge in [-0.3, -0.25) is 9.69 Å². The Kier molecular flexibility index (Phi) is 4.05. The summed E-state index contributed by atoms with van der Waals surface area (Å²) in [6, 6.07) is 0.169. The molecule has 4 unspecified atom stereocenters. The molecule has 2 aliphatic rings. The lowest BCUT2D eigenvalue weighted by atomic mass is 9.97. The molecule has 0 spiro atoms. The molecule has 17 heavy (non-hydrogen) atoms. The molecule has 4 atom stereocenters. The molecular formula is C13H23N2O2. The third kappa shape index (κ3) is 2.99. The molecule has 2 fully saturated rings. The van der Waals surface area contributed by atoms with E-state index in [1.807, 2.05) is 0 Å². The number of aliphatic carboxylic acids is 1. The van der Waals surface area contributed by atoms with Crippen molar-refractivity contribution in [2.75, 3.05) is 6.54 Å². The average Bonchev–Trinajstić information content (AvgIpc) is 2.86. The number of carbonyl (C=O) groups is 1. The Hall–Kier alpha value is -0.610. The van der Waals surface area contributed by atoms with Crippen molar-refractivity contribution >= 4 is 5.97 Å². The van der Waals surface area contributed by atoms with Crippen LogP contribution in [0.1, 0.15) is 38.5 Å². The molecule has 0 aromatic heterocycles. The Balaban J connectivity index is 1.86. The fourth-order valence-electron chi connectivity index (χ4n) is 3.34. The van der Waals surface area contributed by atoms with E-state index < -0.39 is 5.97 Å². The predicted molar refractivity (Wildman–Crippen MR) is 66.4 cm³/mol. The lowest BCUT2D eigenvalue weighted by Crippen LogP contribution is -2.42. The van der Waals surface area contributed by atoms with Crippen LogP contribution < -0.4 is 5.73 Å². The predicted octanol–water partition coefficient (Wildman–Crippen LogP) is 1.26. The van der Waals surface area contributed by atoms with Crippen LogP contribution in [-0.4, -0.2) is 40.6 Å². The van der Waals surface area contributed by atoms with Crippen LogP contribution >= 0.6 is 0 Å². The maximum Gasteiger partial charge on any atom is 0.320 e. The minimum atomic E-state index is -0.695. The average molecular weight is 239 g/mol. The molecule has 0 aromatic rings. The summed E-state index contributed by atoms with van der Waals surface area (Å²) in [6.07, 6.45) is 6.12. The van der Waals surface area contributed by atoms with Crippen molar-refractivity contribution in [3.8, 4) is 0 Å². The monoisotopic (exact) mass is 239 g/mol. The van der Waals surface area contributed by atoms with Crippen LogP contribution in [0.5, 0.6) is 0 Å². The van der Waals surface area contributed by atoms with Gasteiger partial charge in [0, 0.05) is 12.1 Å². The molecule has 0 aromatic carbocycles. The van der Waals surface area contributed by atoms with Crippen LogP contribution in [-0.2, 0) is 4.79 Å². The zero-order chi connectivity index (χ0) is 12.4. The van der Waals surface area contributed by atoms with Crippen LogP contribution in [0.4, 0.5) is 0 Å². The lowest BCUT2D eigenvalue weighted by Gasteiger charge is -2.30. The van der Waals surface area contributed by atoms with Crippen LogP contribution in [0.15, 0.2) is 0 Å². The van der Waals surface area contributed by atoms with Gasteiger partial charge in [-0.1, -0.05) is 0 Å². The van der Waals surface area contributed by atoms with E-state index in [1.165, 1.54) is 6.42 Å². The first-order valence-electron chi connectivity index (χ1n) is 6.65. The molecule has 97 valence electrons. The normalized spacial score (nSPS) is 36.2. The Morgan fingerprint density at radius 2 is 2.24 bits per heavy atom. The Labute approximate surface area is 103 Å². The molecule has 0 bridgehead atoms. The molecule has 4 nitrogen and oxygen atoms in total. The van der Waals surface area contributed by atoms with Crippen molar-refractivity contribution in [1.29, 1.82) is 0 Å². The van der Waals surface area contributed by atoms with E-state index in [0.717, 1.165) is 38.6 Å². The van der Waals surface area contributed by atoms with E-state index in [-0.39, 0.29) is 12.1 Å². The molecule has 1 aliphatic carbocycles. The highest BCUT2D eigenvalue weighted by Gasteiger charge is 2.35. The molecule has 3 N–H and O–H groups in total. The van der Waals surface area contributed by atoms with Gasteiger partial charge < -0.3 is 10.8 Å². The summed E-state index contributed by atoms with van der Waals surface area (Å²) >= 11 is 0. The first kappa shape index (κ1) is 12.8. The smallest absolute Gasteiger partial charge is 0.320 e. The molecule has 2 rings (SSSR count). The minimum Gasteiger partial charge on any atom is -0.480 e. The third-order valence-corrected chi connectivity index (χ3v) is 4.24. The second-order valence-electron chi connectivity index (χ2n) is 5.56. The number of nitrogens with zero attached hydrogens (tertiary/aromatic N) is 1. The van der Waals surface area contributed by atoms with E-state index in [0.29, 0.717) is 12.0 Å². The fourth-order valence-corrected chi connectivity index (χ4v) is 3.34. The fraction of sp³-hybridized carbons (Fsp3) is 0.846. The highest BCUT2D eigenvalue weighted by Crippen LogP contribution is 2.31. The number of carboxylic acid groups (broad SMARTS) is 1. The lowest BCUT2D eigenvalue weighted by molar-refractivity contribution is -0.142. The van der Waals surface area contributed by atoms with Crippen LogP contribution in [0.3, 0.4) is 0 Å². The minimum absolute atomic E-state index is 0.133. The highest BCUT2D eigenvalue weighted by atomic mass is 16.4. The summed E-state index contributed by atoms with van der Waals surface area (Å²) in [5, 5.41) is 9.15. The van der Waals surface area contributed by atoms with E-state index in [4.69, 9.17) is 10.8 Å². The van der Waals surface area contributed by atoms with Gasteiger partial charge in [-0.15, -0.1) is 0 Å². The van der Waals surface area contributed by atoms with Gasteiger partial charge in [0.15, 0.2) is 0 Å². The maximum atomic E-state index is 11.1. The summed E-state index contributed by atoms with van der Waals surface area (Å²) in [5.74, 6) is -0.0539. The van der Waals surface area contributed by atoms with Gasteiger partial charge in [0.2, 0.25) is 0 Å². The van der Waals surface area contributed by atoms with Crippen molar-refractivity contribution in [2.24, 2.45) is 11.7 Å². The van der Waals surface area contributed by atoms with E-state index in [1.54, 1.807) is 0 Å². The SMILES string of the molecule is [CH2]C(CC1CCC(N)C1)N1CCCC1C(=O)O. The second kappa shape index (κ2) is 5.36. The number of rotatable bonds is 4. The van der Waals surface area contributed by atoms with E-state index in [9.17, 15) is 4.79 Å². The van der Waals surface area contributed by atoms with E-state index in [2.05, 4.69) is 11.8 Å². The van der Waals surface area contributed by atoms with Gasteiger partial charge >= 0.3 is 5.97 Å². The molecule has 1 saturated carbocycles. The van der Waals surface area contributed by atoms with Crippen LogP contribution in [0.25, 0.3) is 0 Å². The first-order chi connectivity index (χ1) is 8.08. The molecule has 1 radical (unpaired) electrons. The van der Waals surface area contributed by atoms with Gasteiger partial charge in [0.05, 0.1) is 0 Å². The van der Waals surface area contributed by atoms with Gasteiger partial charge in [-0.2, -0.15) is 0 Å². The number of hydrogen-bond acceptors (Lipinski definition) is 3. The molecule has 1 aliphatic heterocycles. The third-order valence-electron chi connectivity index (χ3n) is 4.24. The summed E-state index contributed by atoms with van der Waals surface area (Å²) in [5.41, 5.74) is 5.90. The van der Waals surface area contributed by atoms with E-state index >= 15 is 0 Å². The standard InChI is InChI=1S/C13H23N2O2/c1-9(7-10-4-5-11(14)8-10)15-6-2-3-12(15)13(16)17/h9-12H,1-8,14H2,(H,16,17). The quantitative estimate of drug-likeness (QED) is 0.775. The summed E-state index contributed by atoms with van der Waals surface area (Å²) in [6.45, 7) is 5.04. The van der Waals surface area contributed by atoms with Crippen molar-refractivity contribution in [1.82, 2.24) is 4.90 Å². The van der Waals surface area contributed by atoms with Crippen molar-refractivity contribution in [3.63, 3.8) is 0 Å². The molecular weight excluding hydrogens is 216 g/mol. The van der Waals surface area contributed by atoms with Gasteiger partial charge in [0.1, 0.15) is 6.04 Å². The highest BCUT2D eigenvalue weighted by molar-refractivity contribution is 5.73. The topological polar surface area (TPSA) is 66.6 Å². The summed E-state index contributed by atoms with van der Waals surface area (Å²) < 4.78 is 0. The number of hydrogen-bond donors (Lipinski definition) is 2. The molecule has 1 saturated heterocycles.